The predicted octanol–water partition coefficient (Wildman–Crippen LogP) is 30.2. The van der Waals surface area contributed by atoms with Crippen LogP contribution < -0.4 is 37.9 Å². The molecular weight excluding hydrogens is 1810 g/mol. The molecule has 24 nitrogen and oxygen atoms in total. The van der Waals surface area contributed by atoms with Gasteiger partial charge in [-0.15, -0.1) is 0 Å². The van der Waals surface area contributed by atoms with Crippen LogP contribution in [0.25, 0.3) is 132 Å². The van der Waals surface area contributed by atoms with Crippen molar-refractivity contribution in [2.45, 2.75) is 209 Å². The average molecular weight is 1950 g/mol. The van der Waals surface area contributed by atoms with E-state index < -0.39 is 23.0 Å². The topological polar surface area (TPSA) is 339 Å². The monoisotopic (exact) mass is 1950 g/mol. The van der Waals surface area contributed by atoms with Crippen molar-refractivity contribution in [1.29, 1.82) is 0 Å². The second kappa shape index (κ2) is 55.3. The van der Waals surface area contributed by atoms with Crippen LogP contribution in [0.4, 0.5) is 0 Å². The summed E-state index contributed by atoms with van der Waals surface area (Å²) >= 11 is 0. The fraction of sp³-hybridized carbons (Fsp3) is 0.333. The number of aromatic nitrogens is 8. The van der Waals surface area contributed by atoms with Crippen LogP contribution in [0.3, 0.4) is 0 Å². The quantitative estimate of drug-likeness (QED) is 0.0130. The number of nitrogens with zero attached hydrogens (tertiary/aromatic N) is 8. The number of hydrogen-bond donors (Lipinski definition) is 8. The second-order valence-corrected chi connectivity index (χ2v) is 35.6. The first-order valence-corrected chi connectivity index (χ1v) is 51.2. The molecule has 0 radical (unpaired) electrons. The molecule has 12 aromatic carbocycles. The van der Waals surface area contributed by atoms with Crippen molar-refractivity contribution in [2.75, 3.05) is 52.9 Å². The molecule has 0 atom stereocenters. The molecule has 16 aromatic rings. The lowest BCUT2D eigenvalue weighted by Crippen LogP contribution is -2.03. The first kappa shape index (κ1) is 106. The number of phenols is 8. The number of unbranched alkanes of at least 4 members (excludes halogenated alkanes) is 16. The summed E-state index contributed by atoms with van der Waals surface area (Å²) in [7, 11) is 0. The number of hydrogen-bond acceptors (Lipinski definition) is 24. The van der Waals surface area contributed by atoms with Crippen LogP contribution in [0, 0.1) is 0 Å². The summed E-state index contributed by atoms with van der Waals surface area (Å²) in [6.07, 6.45) is 26.4. The first-order chi connectivity index (χ1) is 70.4. The van der Waals surface area contributed by atoms with Gasteiger partial charge in [-0.1, -0.05) is 279 Å². The number of phenolic OH excluding ortho intramolecular Hbond substituents is 8. The van der Waals surface area contributed by atoms with Gasteiger partial charge in [0.1, 0.15) is 23.0 Å². The molecule has 4 aromatic heterocycles. The molecule has 0 spiro atoms. The van der Waals surface area contributed by atoms with Crippen molar-refractivity contribution in [3.8, 4) is 137 Å². The molecule has 752 valence electrons. The Morgan fingerprint density at radius 2 is 0.354 bits per heavy atom. The van der Waals surface area contributed by atoms with E-state index in [1.807, 2.05) is 121 Å². The lowest BCUT2D eigenvalue weighted by atomic mass is 10.0. The normalized spacial score (nSPS) is 11.1. The third-order valence-electron chi connectivity index (χ3n) is 24.4. The summed E-state index contributed by atoms with van der Waals surface area (Å²) in [6, 6.07) is 62.9. The van der Waals surface area contributed by atoms with Crippen molar-refractivity contribution >= 4 is 87.2 Å². The lowest BCUT2D eigenvalue weighted by molar-refractivity contribution is 0.260. The highest BCUT2D eigenvalue weighted by molar-refractivity contribution is 5.99. The van der Waals surface area contributed by atoms with Crippen molar-refractivity contribution in [3.05, 3.63) is 243 Å². The van der Waals surface area contributed by atoms with E-state index in [-0.39, 0.29) is 133 Å². The molecule has 0 aliphatic carbocycles. The van der Waals surface area contributed by atoms with Gasteiger partial charge in [0.15, 0.2) is 69.0 Å². The molecule has 8 bridgehead atoms. The van der Waals surface area contributed by atoms with Gasteiger partial charge in [-0.05, 0) is 87.8 Å². The fourth-order valence-electron chi connectivity index (χ4n) is 16.2. The summed E-state index contributed by atoms with van der Waals surface area (Å²) in [5, 5.41) is 102. The third-order valence-corrected chi connectivity index (χ3v) is 24.4. The zero-order valence-corrected chi connectivity index (χ0v) is 84.1. The van der Waals surface area contributed by atoms with Crippen molar-refractivity contribution in [2.24, 2.45) is 0 Å². The summed E-state index contributed by atoms with van der Waals surface area (Å²) in [4.78, 5) is 42.4. The third kappa shape index (κ3) is 29.1. The molecule has 16 rings (SSSR count). The molecule has 0 saturated carbocycles. The summed E-state index contributed by atoms with van der Waals surface area (Å²) in [6.45, 7) is 19.7. The summed E-state index contributed by atoms with van der Waals surface area (Å²) in [5.41, 5.74) is 4.72. The van der Waals surface area contributed by atoms with Gasteiger partial charge in [0.2, 0.25) is 0 Å². The molecule has 0 unspecified atom stereocenters. The van der Waals surface area contributed by atoms with E-state index in [0.717, 1.165) is 154 Å². The van der Waals surface area contributed by atoms with Gasteiger partial charge < -0.3 is 78.7 Å². The van der Waals surface area contributed by atoms with E-state index in [0.29, 0.717) is 121 Å². The highest BCUT2D eigenvalue weighted by Crippen LogP contribution is 2.47. The Kier molecular flexibility index (Phi) is 40.7. The zero-order valence-electron chi connectivity index (χ0n) is 84.1. The van der Waals surface area contributed by atoms with Crippen LogP contribution in [-0.4, -0.2) is 134 Å². The average Bonchev–Trinajstić information content (AvgIpc) is 0.772. The summed E-state index contributed by atoms with van der Waals surface area (Å²) in [5.74, 6) is -0.597. The van der Waals surface area contributed by atoms with Gasteiger partial charge >= 0.3 is 0 Å². The molecule has 0 fully saturated rings. The van der Waals surface area contributed by atoms with E-state index >= 15 is 0 Å². The van der Waals surface area contributed by atoms with E-state index in [1.54, 1.807) is 72.8 Å². The van der Waals surface area contributed by atoms with E-state index in [2.05, 4.69) is 55.4 Å². The number of benzene rings is 12. The van der Waals surface area contributed by atoms with Gasteiger partial charge in [0.25, 0.3) is 0 Å². The van der Waals surface area contributed by atoms with Crippen LogP contribution in [0.1, 0.15) is 209 Å². The highest BCUT2D eigenvalue weighted by atomic mass is 16.5. The summed E-state index contributed by atoms with van der Waals surface area (Å²) < 4.78 is 53.2. The second-order valence-electron chi connectivity index (χ2n) is 35.6. The molecular formula is C120H136N8O16. The number of ether oxygens (including phenoxy) is 8. The van der Waals surface area contributed by atoms with Gasteiger partial charge in [-0.25, -0.2) is 19.9 Å². The van der Waals surface area contributed by atoms with Crippen LogP contribution in [0.15, 0.2) is 243 Å². The van der Waals surface area contributed by atoms with Crippen LogP contribution >= 0.6 is 0 Å². The molecule has 0 aliphatic rings. The molecule has 144 heavy (non-hydrogen) atoms. The molecule has 4 heterocycles. The lowest BCUT2D eigenvalue weighted by Gasteiger charge is -2.14. The van der Waals surface area contributed by atoms with E-state index in [4.69, 9.17) is 77.8 Å². The smallest absolute Gasteiger partial charge is 0.167 e. The van der Waals surface area contributed by atoms with Crippen molar-refractivity contribution in [3.63, 3.8) is 0 Å². The molecule has 0 aliphatic heterocycles. The van der Waals surface area contributed by atoms with Crippen LogP contribution in [-0.2, 0) is 0 Å². The largest absolute Gasteiger partial charge is 0.507 e. The molecule has 0 amide bonds. The zero-order chi connectivity index (χ0) is 101. The minimum atomic E-state index is -0.554. The highest BCUT2D eigenvalue weighted by Gasteiger charge is 2.23. The fourth-order valence-corrected chi connectivity index (χ4v) is 16.2. The van der Waals surface area contributed by atoms with E-state index in [1.165, 1.54) is 49.1 Å². The maximum Gasteiger partial charge on any atom is 0.167 e. The Hall–Kier alpha value is -15.2. The van der Waals surface area contributed by atoms with Crippen molar-refractivity contribution < 1.29 is 78.7 Å². The molecule has 0 saturated heterocycles. The van der Waals surface area contributed by atoms with Gasteiger partial charge in [-0.3, -0.25) is 19.9 Å². The van der Waals surface area contributed by atoms with Gasteiger partial charge in [-0.2, -0.15) is 0 Å². The van der Waals surface area contributed by atoms with Crippen molar-refractivity contribution in [1.82, 2.24) is 39.9 Å². The Labute approximate surface area is 843 Å². The minimum absolute atomic E-state index is 0.106. The standard InChI is InChI=1S/C120H136N8O16/c1-9-17-37-57-137-105-67-93-97(71-109(105)141-61-41-21-13-5)125-113(81-45-29-25-30-46-81)89-53-54-90(118(134)117(89)133)114(82-47-31-26-32-48-82)126-99-73-111(143-63-43-23-15-7)107(139-59-39-19-11-3)69-95(99)123-79-87-66-88(104(132)76-103(87)131)80-124-96-70-108(140-60-40-20-12-4)112(144-64-44-24-16-8)74-100(96)128-116(84-51-35-28-36-52-84)92-56-55-91(119(135)120(92)136)115(83-49-33-27-34-50-83)127-98-72-110(142-62-42-22-14-6)106(138-58-38-18-10-2)68-94(98)122-78-86-65-85(77-121-93)101(129)75-102(86)130/h25-36,45-56,65-80,129-136H,9-24,37-44,57-64H2,1-8H3. The Balaban J connectivity index is 1.23. The number of aromatic hydroxyl groups is 8. The Bertz CT molecular complexity index is 6210. The predicted molar refractivity (Wildman–Crippen MR) is 579 cm³/mol. The number of rotatable bonds is 44. The Morgan fingerprint density at radius 3 is 0.521 bits per heavy atom. The Morgan fingerprint density at radius 1 is 0.188 bits per heavy atom. The minimum Gasteiger partial charge on any atom is -0.507 e. The van der Waals surface area contributed by atoms with Crippen LogP contribution in [0.5, 0.6) is 92.0 Å². The maximum atomic E-state index is 13.2. The van der Waals surface area contributed by atoms with E-state index in [9.17, 15) is 40.9 Å². The van der Waals surface area contributed by atoms with Crippen LogP contribution in [0.2, 0.25) is 0 Å². The first-order valence-electron chi connectivity index (χ1n) is 51.2. The van der Waals surface area contributed by atoms with Gasteiger partial charge in [0, 0.05) is 151 Å². The molecule has 8 N–H and O–H groups in total. The van der Waals surface area contributed by atoms with Gasteiger partial charge in [0.05, 0.1) is 120 Å². The SMILES string of the molecule is CCCCCOc1cc2ncc3cc(cnc4cc(OCCCCC)c(OCCCCC)cc4nc(-c4ccccc4)c4ccc(c(-c5ccccc5)nc5cc(OCCCCC)c(OCCCCC)cc5ncc5cc(cnc6cc(OCCCCC)c(OCCCCC)cc6nc(-c6ccccc6)c6ccc(c(-c7ccccc7)nc2cc1OCCCCC)c(O)c6O)c(O)cc5O)c(O)c4O)c(O)cc3O. The molecule has 24 heteroatoms. The maximum absolute atomic E-state index is 13.2.